The molecule has 31 heavy (non-hydrogen) atoms. The fourth-order valence-corrected chi connectivity index (χ4v) is 4.02. The number of piperazine rings is 1. The molecule has 1 aromatic rings. The molecule has 174 valence electrons. The molecule has 2 fully saturated rings. The molecule has 2 aliphatic heterocycles. The summed E-state index contributed by atoms with van der Waals surface area (Å²) >= 11 is 0. The van der Waals surface area contributed by atoms with Gasteiger partial charge in [0, 0.05) is 70.3 Å². The topological polar surface area (TPSA) is 81.2 Å². The van der Waals surface area contributed by atoms with Crippen molar-refractivity contribution in [1.29, 1.82) is 0 Å². The molecule has 0 saturated carbocycles. The van der Waals surface area contributed by atoms with Crippen LogP contribution >= 0.6 is 0 Å². The van der Waals surface area contributed by atoms with E-state index in [-0.39, 0.29) is 5.54 Å². The van der Waals surface area contributed by atoms with Gasteiger partial charge in [-0.05, 0) is 39.8 Å². The number of morpholine rings is 1. The van der Waals surface area contributed by atoms with E-state index < -0.39 is 0 Å². The van der Waals surface area contributed by atoms with Gasteiger partial charge in [-0.15, -0.1) is 0 Å². The van der Waals surface area contributed by atoms with Crippen molar-refractivity contribution in [3.63, 3.8) is 0 Å². The number of aromatic nitrogens is 2. The van der Waals surface area contributed by atoms with Crippen LogP contribution in [0.5, 0.6) is 0 Å². The van der Waals surface area contributed by atoms with Crippen LogP contribution in [0.25, 0.3) is 0 Å². The Balaban J connectivity index is 1.36. The van der Waals surface area contributed by atoms with Crippen LogP contribution in [-0.2, 0) is 4.74 Å². The van der Waals surface area contributed by atoms with Crippen molar-refractivity contribution in [3.05, 3.63) is 18.5 Å². The Morgan fingerprint density at radius 2 is 1.77 bits per heavy atom. The van der Waals surface area contributed by atoms with E-state index in [4.69, 9.17) is 9.73 Å². The number of anilines is 1. The second kappa shape index (κ2) is 12.2. The molecule has 0 atom stereocenters. The van der Waals surface area contributed by atoms with Crippen molar-refractivity contribution in [2.45, 2.75) is 32.7 Å². The van der Waals surface area contributed by atoms with E-state index in [9.17, 15) is 0 Å². The number of aliphatic imine (C=N–C) groups is 1. The number of hydrogen-bond acceptors (Lipinski definition) is 7. The van der Waals surface area contributed by atoms with Gasteiger partial charge in [-0.1, -0.05) is 0 Å². The number of guanidine groups is 1. The average molecular weight is 433 g/mol. The van der Waals surface area contributed by atoms with Gasteiger partial charge >= 0.3 is 0 Å². The summed E-state index contributed by atoms with van der Waals surface area (Å²) in [6.45, 7) is 18.0. The van der Waals surface area contributed by atoms with E-state index >= 15 is 0 Å². The molecule has 2 N–H and O–H groups in total. The van der Waals surface area contributed by atoms with Crippen molar-refractivity contribution in [2.24, 2.45) is 4.99 Å². The summed E-state index contributed by atoms with van der Waals surface area (Å²) in [4.78, 5) is 20.8. The van der Waals surface area contributed by atoms with Crippen molar-refractivity contribution in [3.8, 4) is 0 Å². The van der Waals surface area contributed by atoms with Crippen molar-refractivity contribution in [2.75, 3.05) is 83.6 Å². The average Bonchev–Trinajstić information content (AvgIpc) is 2.82. The van der Waals surface area contributed by atoms with E-state index in [1.54, 1.807) is 0 Å². The Kier molecular flexibility index (Phi) is 9.30. The third kappa shape index (κ3) is 7.59. The van der Waals surface area contributed by atoms with Crippen molar-refractivity contribution >= 4 is 11.9 Å². The molecule has 3 heterocycles. The Morgan fingerprint density at radius 1 is 1.06 bits per heavy atom. The van der Waals surface area contributed by atoms with Crippen LogP contribution in [0.1, 0.15) is 27.2 Å². The summed E-state index contributed by atoms with van der Waals surface area (Å²) in [6.07, 6.45) is 4.72. The molecule has 9 heteroatoms. The van der Waals surface area contributed by atoms with Crippen LogP contribution in [-0.4, -0.2) is 110 Å². The zero-order valence-corrected chi connectivity index (χ0v) is 19.5. The predicted molar refractivity (Wildman–Crippen MR) is 126 cm³/mol. The summed E-state index contributed by atoms with van der Waals surface area (Å²) in [5.74, 6) is 1.75. The zero-order valence-electron chi connectivity index (χ0n) is 19.5. The lowest BCUT2D eigenvalue weighted by molar-refractivity contribution is -0.00683. The summed E-state index contributed by atoms with van der Waals surface area (Å²) in [5.41, 5.74) is 0.0360. The van der Waals surface area contributed by atoms with Gasteiger partial charge in [0.05, 0.1) is 19.8 Å². The fourth-order valence-electron chi connectivity index (χ4n) is 4.02. The van der Waals surface area contributed by atoms with Crippen LogP contribution in [0, 0.1) is 0 Å². The Hall–Kier alpha value is -1.97. The van der Waals surface area contributed by atoms with Gasteiger partial charge in [-0.2, -0.15) is 0 Å². The van der Waals surface area contributed by atoms with Gasteiger partial charge in [0.2, 0.25) is 5.95 Å². The highest BCUT2D eigenvalue weighted by Gasteiger charge is 2.28. The van der Waals surface area contributed by atoms with E-state index in [0.717, 1.165) is 97.0 Å². The Labute approximate surface area is 187 Å². The Morgan fingerprint density at radius 3 is 2.45 bits per heavy atom. The van der Waals surface area contributed by atoms with Crippen LogP contribution in [0.2, 0.25) is 0 Å². The molecule has 2 saturated heterocycles. The minimum atomic E-state index is 0.0360. The van der Waals surface area contributed by atoms with Gasteiger partial charge in [-0.3, -0.25) is 14.8 Å². The monoisotopic (exact) mass is 432 g/mol. The quantitative estimate of drug-likeness (QED) is 0.335. The molecule has 0 amide bonds. The number of rotatable bonds is 9. The van der Waals surface area contributed by atoms with Gasteiger partial charge in [0.25, 0.3) is 0 Å². The normalized spacial score (nSPS) is 19.5. The standard InChI is InChI=1S/C22H40N8O/c1-4-23-20(27-19-22(2,3)30-15-17-31-18-16-30)24-9-6-10-28-11-13-29(14-12-28)21-25-7-5-8-26-21/h5,7-8H,4,6,9-19H2,1-3H3,(H2,23,24,27). The molecular formula is C22H40N8O. The third-order valence-electron chi connectivity index (χ3n) is 5.99. The highest BCUT2D eigenvalue weighted by molar-refractivity contribution is 5.79. The first-order valence-corrected chi connectivity index (χ1v) is 11.7. The lowest BCUT2D eigenvalue weighted by atomic mass is 10.0. The maximum Gasteiger partial charge on any atom is 0.225 e. The summed E-state index contributed by atoms with van der Waals surface area (Å²) in [5, 5.41) is 6.89. The first-order chi connectivity index (χ1) is 15.1. The molecule has 0 unspecified atom stereocenters. The summed E-state index contributed by atoms with van der Waals surface area (Å²) in [7, 11) is 0. The first-order valence-electron chi connectivity index (χ1n) is 11.7. The van der Waals surface area contributed by atoms with Crippen LogP contribution in [0.3, 0.4) is 0 Å². The molecule has 0 aliphatic carbocycles. The second-order valence-electron chi connectivity index (χ2n) is 8.76. The zero-order chi connectivity index (χ0) is 21.9. The molecule has 3 rings (SSSR count). The minimum absolute atomic E-state index is 0.0360. The molecular weight excluding hydrogens is 392 g/mol. The molecule has 2 aliphatic rings. The molecule has 9 nitrogen and oxygen atoms in total. The lowest BCUT2D eigenvalue weighted by Crippen LogP contribution is -2.52. The third-order valence-corrected chi connectivity index (χ3v) is 5.99. The van der Waals surface area contributed by atoms with E-state index in [1.807, 2.05) is 18.5 Å². The predicted octanol–water partition coefficient (Wildman–Crippen LogP) is 0.655. The van der Waals surface area contributed by atoms with E-state index in [0.29, 0.717) is 0 Å². The lowest BCUT2D eigenvalue weighted by Gasteiger charge is -2.39. The molecule has 0 radical (unpaired) electrons. The molecule has 0 spiro atoms. The number of ether oxygens (including phenoxy) is 1. The largest absolute Gasteiger partial charge is 0.379 e. The van der Waals surface area contributed by atoms with Crippen molar-refractivity contribution in [1.82, 2.24) is 30.4 Å². The Bertz CT molecular complexity index is 655. The van der Waals surface area contributed by atoms with E-state index in [1.165, 1.54) is 0 Å². The highest BCUT2D eigenvalue weighted by atomic mass is 16.5. The second-order valence-corrected chi connectivity index (χ2v) is 8.76. The molecule has 0 aromatic carbocycles. The maximum atomic E-state index is 5.49. The van der Waals surface area contributed by atoms with Gasteiger partial charge in [-0.25, -0.2) is 9.97 Å². The SMILES string of the molecule is CCNC(=NCC(C)(C)N1CCOCC1)NCCCN1CCN(c2ncccn2)CC1. The van der Waals surface area contributed by atoms with Crippen molar-refractivity contribution < 1.29 is 4.74 Å². The highest BCUT2D eigenvalue weighted by Crippen LogP contribution is 2.16. The number of nitrogens with zero attached hydrogens (tertiary/aromatic N) is 6. The van der Waals surface area contributed by atoms with Gasteiger partial charge in [0.15, 0.2) is 5.96 Å². The first kappa shape index (κ1) is 23.7. The molecule has 1 aromatic heterocycles. The van der Waals surface area contributed by atoms with Gasteiger partial charge < -0.3 is 20.3 Å². The fraction of sp³-hybridized carbons (Fsp3) is 0.773. The van der Waals surface area contributed by atoms with Crippen LogP contribution in [0.15, 0.2) is 23.5 Å². The van der Waals surface area contributed by atoms with Crippen LogP contribution < -0.4 is 15.5 Å². The summed E-state index contributed by atoms with van der Waals surface area (Å²) in [6, 6.07) is 1.86. The molecule has 0 bridgehead atoms. The smallest absolute Gasteiger partial charge is 0.225 e. The summed E-state index contributed by atoms with van der Waals surface area (Å²) < 4.78 is 5.49. The minimum Gasteiger partial charge on any atom is -0.379 e. The maximum absolute atomic E-state index is 5.49. The number of hydrogen-bond donors (Lipinski definition) is 2. The number of nitrogens with one attached hydrogen (secondary N) is 2. The van der Waals surface area contributed by atoms with Crippen LogP contribution in [0.4, 0.5) is 5.95 Å². The van der Waals surface area contributed by atoms with Gasteiger partial charge in [0.1, 0.15) is 0 Å². The van der Waals surface area contributed by atoms with E-state index in [2.05, 4.69) is 56.1 Å².